The van der Waals surface area contributed by atoms with Crippen LogP contribution in [0.3, 0.4) is 0 Å². The van der Waals surface area contributed by atoms with E-state index in [0.29, 0.717) is 30.0 Å². The van der Waals surface area contributed by atoms with Crippen LogP contribution in [0.4, 0.5) is 14.5 Å². The molecule has 0 bridgehead atoms. The molecule has 10 heteroatoms. The highest BCUT2D eigenvalue weighted by Crippen LogP contribution is 2.33. The van der Waals surface area contributed by atoms with Crippen molar-refractivity contribution in [1.82, 2.24) is 9.88 Å². The van der Waals surface area contributed by atoms with Gasteiger partial charge in [0.25, 0.3) is 15.9 Å². The third-order valence-corrected chi connectivity index (χ3v) is 7.57. The molecule has 4 rings (SSSR count). The zero-order valence-electron chi connectivity index (χ0n) is 17.4. The van der Waals surface area contributed by atoms with Crippen LogP contribution < -0.4 is 4.31 Å². The highest BCUT2D eigenvalue weighted by molar-refractivity contribution is 7.92. The fraction of sp³-hybridized carbons (Fsp3) is 0.217. The summed E-state index contributed by atoms with van der Waals surface area (Å²) in [6.45, 7) is 0.418. The number of carbonyl (C=O) groups is 1. The normalized spacial score (nSPS) is 16.5. The Morgan fingerprint density at radius 1 is 1.12 bits per heavy atom. The minimum atomic E-state index is -4.31. The van der Waals surface area contributed by atoms with E-state index in [2.05, 4.69) is 4.98 Å². The van der Waals surface area contributed by atoms with Gasteiger partial charge in [-0.3, -0.25) is 14.1 Å². The number of sulfonamides is 1. The molecule has 2 heterocycles. The van der Waals surface area contributed by atoms with E-state index in [1.54, 1.807) is 18.3 Å². The summed E-state index contributed by atoms with van der Waals surface area (Å²) in [6, 6.07) is 10.5. The van der Waals surface area contributed by atoms with Crippen molar-refractivity contribution in [1.29, 1.82) is 0 Å². The summed E-state index contributed by atoms with van der Waals surface area (Å²) >= 11 is 5.90. The molecule has 1 unspecified atom stereocenters. The molecule has 3 aromatic rings. The summed E-state index contributed by atoms with van der Waals surface area (Å²) in [4.78, 5) is 18.3. The molecular formula is C23H20ClF2N3O3S. The zero-order valence-corrected chi connectivity index (χ0v) is 18.9. The summed E-state index contributed by atoms with van der Waals surface area (Å²) in [5, 5.41) is 0.336. The molecule has 0 radical (unpaired) electrons. The number of benzene rings is 2. The smallest absolute Gasteiger partial charge is 0.264 e. The highest BCUT2D eigenvalue weighted by atomic mass is 35.5. The topological polar surface area (TPSA) is 70.6 Å². The van der Waals surface area contributed by atoms with Crippen molar-refractivity contribution in [2.75, 3.05) is 17.4 Å². The van der Waals surface area contributed by atoms with Gasteiger partial charge in [0.1, 0.15) is 11.6 Å². The number of aromatic nitrogens is 1. The van der Waals surface area contributed by atoms with E-state index in [-0.39, 0.29) is 17.3 Å². The van der Waals surface area contributed by atoms with Crippen molar-refractivity contribution in [3.63, 3.8) is 0 Å². The van der Waals surface area contributed by atoms with Crippen molar-refractivity contribution in [2.24, 2.45) is 0 Å². The molecular weight excluding hydrogens is 472 g/mol. The molecule has 33 heavy (non-hydrogen) atoms. The van der Waals surface area contributed by atoms with Crippen molar-refractivity contribution in [2.45, 2.75) is 23.8 Å². The maximum atomic E-state index is 14.8. The average Bonchev–Trinajstić information content (AvgIpc) is 2.82. The molecule has 1 saturated heterocycles. The van der Waals surface area contributed by atoms with Gasteiger partial charge in [0.05, 0.1) is 22.2 Å². The Hall–Kier alpha value is -3.04. The zero-order chi connectivity index (χ0) is 23.6. The Morgan fingerprint density at radius 3 is 2.58 bits per heavy atom. The van der Waals surface area contributed by atoms with Crippen LogP contribution in [0.1, 0.15) is 23.2 Å². The number of amides is 1. The van der Waals surface area contributed by atoms with E-state index in [1.807, 2.05) is 0 Å². The minimum Gasteiger partial charge on any atom is -0.336 e. The number of pyridine rings is 1. The molecule has 1 aliphatic heterocycles. The molecule has 172 valence electrons. The highest BCUT2D eigenvalue weighted by Gasteiger charge is 2.37. The molecule has 0 N–H and O–H groups in total. The summed E-state index contributed by atoms with van der Waals surface area (Å²) in [5.74, 6) is -1.97. The van der Waals surface area contributed by atoms with Crippen LogP contribution in [0.5, 0.6) is 0 Å². The number of rotatable bonds is 5. The van der Waals surface area contributed by atoms with Crippen molar-refractivity contribution in [3.8, 4) is 0 Å². The molecule has 0 aliphatic carbocycles. The first-order valence-electron chi connectivity index (χ1n) is 10.2. The maximum absolute atomic E-state index is 14.8. The standard InChI is InChI=1S/C23H20ClF2N3O3S/c24-17-5-8-20(9-6-17)33(31,32)29(22-13-18(25)7-10-21(22)26)19-4-2-12-28(15-19)23(30)16-3-1-11-27-14-16/h1,3,5-11,13-14,19H,2,4,12,15H2. The van der Waals surface area contributed by atoms with Crippen molar-refractivity contribution in [3.05, 3.63) is 89.2 Å². The van der Waals surface area contributed by atoms with Crippen LogP contribution in [0, 0.1) is 11.6 Å². The lowest BCUT2D eigenvalue weighted by Gasteiger charge is -2.39. The second-order valence-corrected chi connectivity index (χ2v) is 9.89. The molecule has 0 spiro atoms. The second kappa shape index (κ2) is 9.44. The first-order valence-corrected chi connectivity index (χ1v) is 12.0. The lowest BCUT2D eigenvalue weighted by Crippen LogP contribution is -2.52. The summed E-state index contributed by atoms with van der Waals surface area (Å²) < 4.78 is 57.0. The van der Waals surface area contributed by atoms with Gasteiger partial charge in [-0.2, -0.15) is 0 Å². The van der Waals surface area contributed by atoms with Crippen molar-refractivity contribution < 1.29 is 22.0 Å². The molecule has 1 amide bonds. The van der Waals surface area contributed by atoms with Crippen LogP contribution in [-0.2, 0) is 10.0 Å². The third kappa shape index (κ3) is 4.84. The van der Waals surface area contributed by atoms with Gasteiger partial charge in [0.2, 0.25) is 0 Å². The second-order valence-electron chi connectivity index (χ2n) is 7.64. The average molecular weight is 492 g/mol. The van der Waals surface area contributed by atoms with Gasteiger partial charge >= 0.3 is 0 Å². The van der Waals surface area contributed by atoms with Gasteiger partial charge in [-0.25, -0.2) is 17.2 Å². The van der Waals surface area contributed by atoms with Gasteiger partial charge < -0.3 is 4.90 Å². The Bertz CT molecular complexity index is 1260. The number of anilines is 1. The van der Waals surface area contributed by atoms with Crippen molar-refractivity contribution >= 4 is 33.2 Å². The van der Waals surface area contributed by atoms with E-state index < -0.39 is 33.4 Å². The van der Waals surface area contributed by atoms with Crippen LogP contribution in [0.2, 0.25) is 5.02 Å². The van der Waals surface area contributed by atoms with Gasteiger partial charge in [-0.15, -0.1) is 0 Å². The first-order chi connectivity index (χ1) is 15.8. The Morgan fingerprint density at radius 2 is 1.88 bits per heavy atom. The first kappa shape index (κ1) is 23.1. The molecule has 0 saturated carbocycles. The number of halogens is 3. The van der Waals surface area contributed by atoms with Crippen LogP contribution in [0.25, 0.3) is 0 Å². The lowest BCUT2D eigenvalue weighted by molar-refractivity contribution is 0.0709. The van der Waals surface area contributed by atoms with Crippen LogP contribution >= 0.6 is 11.6 Å². The predicted octanol–water partition coefficient (Wildman–Crippen LogP) is 4.51. The Labute approximate surface area is 195 Å². The summed E-state index contributed by atoms with van der Waals surface area (Å²) in [5.41, 5.74) is -0.0483. The van der Waals surface area contributed by atoms with E-state index in [9.17, 15) is 22.0 Å². The van der Waals surface area contributed by atoms with Crippen LogP contribution in [-0.4, -0.2) is 43.3 Å². The molecule has 1 aromatic heterocycles. The maximum Gasteiger partial charge on any atom is 0.264 e. The molecule has 1 fully saturated rings. The number of hydrogen-bond donors (Lipinski definition) is 0. The number of piperidine rings is 1. The number of likely N-dealkylation sites (tertiary alicyclic amines) is 1. The van der Waals surface area contributed by atoms with E-state index in [0.717, 1.165) is 22.5 Å². The Balaban J connectivity index is 1.75. The van der Waals surface area contributed by atoms with E-state index >= 15 is 0 Å². The largest absolute Gasteiger partial charge is 0.336 e. The molecule has 2 aromatic carbocycles. The van der Waals surface area contributed by atoms with Gasteiger partial charge in [-0.05, 0) is 61.4 Å². The molecule has 1 aliphatic rings. The van der Waals surface area contributed by atoms with Crippen LogP contribution in [0.15, 0.2) is 71.9 Å². The number of nitrogens with zero attached hydrogens (tertiary/aromatic N) is 3. The molecule has 1 atom stereocenters. The van der Waals surface area contributed by atoms with Gasteiger partial charge in [0, 0.05) is 36.6 Å². The quantitative estimate of drug-likeness (QED) is 0.526. The fourth-order valence-corrected chi connectivity index (χ4v) is 5.70. The monoisotopic (exact) mass is 491 g/mol. The lowest BCUT2D eigenvalue weighted by atomic mass is 10.0. The number of hydrogen-bond acceptors (Lipinski definition) is 4. The predicted molar refractivity (Wildman–Crippen MR) is 121 cm³/mol. The molecule has 6 nitrogen and oxygen atoms in total. The van der Waals surface area contributed by atoms with E-state index in [1.165, 1.54) is 35.4 Å². The summed E-state index contributed by atoms with van der Waals surface area (Å²) in [7, 11) is -4.31. The fourth-order valence-electron chi connectivity index (χ4n) is 3.90. The van der Waals surface area contributed by atoms with Gasteiger partial charge in [-0.1, -0.05) is 11.6 Å². The minimum absolute atomic E-state index is 0.0104. The SMILES string of the molecule is O=C(c1cccnc1)N1CCCC(N(c2cc(F)ccc2F)S(=O)(=O)c2ccc(Cl)cc2)C1. The third-order valence-electron chi connectivity index (χ3n) is 5.44. The number of carbonyl (C=O) groups excluding carboxylic acids is 1. The van der Waals surface area contributed by atoms with E-state index in [4.69, 9.17) is 11.6 Å². The van der Waals surface area contributed by atoms with Gasteiger partial charge in [0.15, 0.2) is 0 Å². The Kier molecular flexibility index (Phi) is 6.62. The summed E-state index contributed by atoms with van der Waals surface area (Å²) in [6.07, 6.45) is 3.82.